The summed E-state index contributed by atoms with van der Waals surface area (Å²) in [5, 5.41) is 12.8. The molecule has 0 saturated heterocycles. The van der Waals surface area contributed by atoms with Crippen LogP contribution in [0.1, 0.15) is 11.3 Å². The van der Waals surface area contributed by atoms with Crippen molar-refractivity contribution in [1.82, 2.24) is 10.3 Å². The van der Waals surface area contributed by atoms with Crippen molar-refractivity contribution in [2.75, 3.05) is 6.61 Å². The fourth-order valence-corrected chi connectivity index (χ4v) is 3.04. The molecule has 1 aromatic carbocycles. The van der Waals surface area contributed by atoms with Crippen molar-refractivity contribution in [3.8, 4) is 0 Å². The normalized spacial score (nSPS) is 12.3. The van der Waals surface area contributed by atoms with Crippen LogP contribution in [0.25, 0.3) is 0 Å². The Bertz CT molecular complexity index is 549. The van der Waals surface area contributed by atoms with Crippen LogP contribution in [0, 0.1) is 0 Å². The Morgan fingerprint density at radius 1 is 1.20 bits per heavy atom. The van der Waals surface area contributed by atoms with E-state index >= 15 is 0 Å². The Kier molecular flexibility index (Phi) is 6.16. The molecule has 2 N–H and O–H groups in total. The highest BCUT2D eigenvalue weighted by molar-refractivity contribution is 9.11. The number of aliphatic hydroxyl groups is 1. The third-order valence-electron chi connectivity index (χ3n) is 2.99. The second-order valence-electron chi connectivity index (χ2n) is 4.53. The van der Waals surface area contributed by atoms with E-state index in [1.54, 1.807) is 6.20 Å². The molecule has 1 atom stereocenters. The van der Waals surface area contributed by atoms with Gasteiger partial charge in [0.05, 0.1) is 12.3 Å². The Balaban J connectivity index is 1.93. The van der Waals surface area contributed by atoms with Gasteiger partial charge in [-0.25, -0.2) is 0 Å². The second kappa shape index (κ2) is 7.88. The number of hydrogen-bond acceptors (Lipinski definition) is 3. The molecule has 2 aromatic rings. The number of nitrogens with zero attached hydrogens (tertiary/aromatic N) is 1. The maximum absolute atomic E-state index is 9.48. The van der Waals surface area contributed by atoms with Crippen molar-refractivity contribution in [1.29, 1.82) is 0 Å². The van der Waals surface area contributed by atoms with Crippen molar-refractivity contribution in [2.24, 2.45) is 0 Å². The van der Waals surface area contributed by atoms with Gasteiger partial charge >= 0.3 is 0 Å². The summed E-state index contributed by atoms with van der Waals surface area (Å²) in [6.45, 7) is 0.717. The summed E-state index contributed by atoms with van der Waals surface area (Å²) in [6.07, 6.45) is 2.57. The zero-order valence-electron chi connectivity index (χ0n) is 10.9. The molecule has 3 nitrogen and oxygen atoms in total. The average molecular weight is 400 g/mol. The van der Waals surface area contributed by atoms with Crippen LogP contribution >= 0.6 is 31.9 Å². The molecule has 20 heavy (non-hydrogen) atoms. The first-order valence-electron chi connectivity index (χ1n) is 6.37. The average Bonchev–Trinajstić information content (AvgIpc) is 2.46. The summed E-state index contributed by atoms with van der Waals surface area (Å²) in [7, 11) is 0. The molecule has 106 valence electrons. The highest BCUT2D eigenvalue weighted by atomic mass is 79.9. The number of halogens is 2. The predicted octanol–water partition coefficient (Wildman–Crippen LogP) is 3.30. The zero-order valence-corrected chi connectivity index (χ0v) is 14.1. The lowest BCUT2D eigenvalue weighted by Crippen LogP contribution is -2.34. The monoisotopic (exact) mass is 398 g/mol. The molecule has 0 fully saturated rings. The fraction of sp³-hybridized carbons (Fsp3) is 0.267. The van der Waals surface area contributed by atoms with Gasteiger partial charge in [0.1, 0.15) is 0 Å². The third-order valence-corrected chi connectivity index (χ3v) is 4.11. The first-order chi connectivity index (χ1) is 9.69. The number of pyridine rings is 1. The first-order valence-corrected chi connectivity index (χ1v) is 7.95. The van der Waals surface area contributed by atoms with Gasteiger partial charge < -0.3 is 10.4 Å². The van der Waals surface area contributed by atoms with Gasteiger partial charge in [0, 0.05) is 27.7 Å². The van der Waals surface area contributed by atoms with E-state index in [0.29, 0.717) is 6.54 Å². The van der Waals surface area contributed by atoms with Gasteiger partial charge in [0.25, 0.3) is 0 Å². The molecule has 1 unspecified atom stereocenters. The standard InChI is InChI=1S/C15H16Br2N2O/c16-12-7-14(17)15(19-8-12)9-18-13(10-20)6-11-4-2-1-3-5-11/h1-5,7-8,13,18,20H,6,9-10H2. The zero-order chi connectivity index (χ0) is 14.4. The molecule has 0 bridgehead atoms. The van der Waals surface area contributed by atoms with Crippen LogP contribution in [0.5, 0.6) is 0 Å². The van der Waals surface area contributed by atoms with Crippen molar-refractivity contribution in [3.63, 3.8) is 0 Å². The Hall–Kier alpha value is -0.750. The van der Waals surface area contributed by atoms with E-state index in [-0.39, 0.29) is 12.6 Å². The number of nitrogens with one attached hydrogen (secondary N) is 1. The van der Waals surface area contributed by atoms with E-state index in [1.165, 1.54) is 5.56 Å². The third kappa shape index (κ3) is 4.66. The van der Waals surface area contributed by atoms with E-state index in [4.69, 9.17) is 0 Å². The van der Waals surface area contributed by atoms with Gasteiger partial charge in [-0.05, 0) is 49.9 Å². The molecule has 0 aliphatic rings. The molecule has 2 rings (SSSR count). The molecule has 0 saturated carbocycles. The predicted molar refractivity (Wildman–Crippen MR) is 87.5 cm³/mol. The lowest BCUT2D eigenvalue weighted by Gasteiger charge is -2.16. The van der Waals surface area contributed by atoms with E-state index in [0.717, 1.165) is 21.1 Å². The fourth-order valence-electron chi connectivity index (χ4n) is 1.91. The first kappa shape index (κ1) is 15.6. The van der Waals surface area contributed by atoms with Crippen LogP contribution in [0.4, 0.5) is 0 Å². The highest BCUT2D eigenvalue weighted by Gasteiger charge is 2.10. The minimum Gasteiger partial charge on any atom is -0.395 e. The lowest BCUT2D eigenvalue weighted by molar-refractivity contribution is 0.240. The lowest BCUT2D eigenvalue weighted by atomic mass is 10.1. The van der Waals surface area contributed by atoms with Gasteiger partial charge in [-0.2, -0.15) is 0 Å². The van der Waals surface area contributed by atoms with Crippen LogP contribution in [-0.4, -0.2) is 22.7 Å². The minimum atomic E-state index is 0.0229. The van der Waals surface area contributed by atoms with Crippen LogP contribution in [0.15, 0.2) is 51.5 Å². The second-order valence-corrected chi connectivity index (χ2v) is 6.30. The maximum Gasteiger partial charge on any atom is 0.0684 e. The Morgan fingerprint density at radius 3 is 2.60 bits per heavy atom. The number of aromatic nitrogens is 1. The molecular weight excluding hydrogens is 384 g/mol. The van der Waals surface area contributed by atoms with Gasteiger partial charge in [0.2, 0.25) is 0 Å². The van der Waals surface area contributed by atoms with Crippen LogP contribution < -0.4 is 5.32 Å². The van der Waals surface area contributed by atoms with Crippen molar-refractivity contribution >= 4 is 31.9 Å². The van der Waals surface area contributed by atoms with E-state index in [1.807, 2.05) is 24.3 Å². The van der Waals surface area contributed by atoms with Gasteiger partial charge in [0.15, 0.2) is 0 Å². The highest BCUT2D eigenvalue weighted by Crippen LogP contribution is 2.19. The molecule has 0 aliphatic heterocycles. The SMILES string of the molecule is OCC(Cc1ccccc1)NCc1ncc(Br)cc1Br. The molecule has 1 heterocycles. The summed E-state index contributed by atoms with van der Waals surface area (Å²) >= 11 is 6.87. The number of rotatable bonds is 6. The van der Waals surface area contributed by atoms with Gasteiger partial charge in [-0.15, -0.1) is 0 Å². The van der Waals surface area contributed by atoms with Gasteiger partial charge in [-0.3, -0.25) is 4.98 Å². The summed E-state index contributed by atoms with van der Waals surface area (Å²) < 4.78 is 1.90. The van der Waals surface area contributed by atoms with Crippen LogP contribution in [0.3, 0.4) is 0 Å². The number of hydrogen-bond donors (Lipinski definition) is 2. The minimum absolute atomic E-state index is 0.0229. The molecule has 1 aromatic heterocycles. The number of aliphatic hydroxyl groups excluding tert-OH is 1. The molecule has 0 aliphatic carbocycles. The summed E-state index contributed by atoms with van der Waals surface area (Å²) in [6, 6.07) is 12.1. The smallest absolute Gasteiger partial charge is 0.0684 e. The maximum atomic E-state index is 9.48. The van der Waals surface area contributed by atoms with Crippen molar-refractivity contribution < 1.29 is 5.11 Å². The quantitative estimate of drug-likeness (QED) is 0.783. The molecule has 0 amide bonds. The summed E-state index contributed by atoms with van der Waals surface area (Å²) in [5.41, 5.74) is 2.14. The summed E-state index contributed by atoms with van der Waals surface area (Å²) in [4.78, 5) is 4.35. The van der Waals surface area contributed by atoms with Crippen molar-refractivity contribution in [3.05, 3.63) is 62.8 Å². The van der Waals surface area contributed by atoms with Crippen LogP contribution in [-0.2, 0) is 13.0 Å². The Labute approximate surface area is 135 Å². The van der Waals surface area contributed by atoms with E-state index < -0.39 is 0 Å². The molecule has 5 heteroatoms. The van der Waals surface area contributed by atoms with Gasteiger partial charge in [-0.1, -0.05) is 30.3 Å². The molecule has 0 radical (unpaired) electrons. The summed E-state index contributed by atoms with van der Waals surface area (Å²) in [5.74, 6) is 0. The molecular formula is C15H16Br2N2O. The Morgan fingerprint density at radius 2 is 1.95 bits per heavy atom. The largest absolute Gasteiger partial charge is 0.395 e. The topological polar surface area (TPSA) is 45.1 Å². The van der Waals surface area contributed by atoms with E-state index in [2.05, 4.69) is 54.3 Å². The van der Waals surface area contributed by atoms with Crippen LogP contribution in [0.2, 0.25) is 0 Å². The molecule has 0 spiro atoms. The number of benzene rings is 1. The van der Waals surface area contributed by atoms with E-state index in [9.17, 15) is 5.11 Å². The van der Waals surface area contributed by atoms with Crippen molar-refractivity contribution in [2.45, 2.75) is 19.0 Å².